The Labute approximate surface area is 155 Å². The molecule has 0 aliphatic carbocycles. The van der Waals surface area contributed by atoms with Crippen molar-refractivity contribution in [1.82, 2.24) is 4.90 Å². The Morgan fingerprint density at radius 3 is 2.31 bits per heavy atom. The van der Waals surface area contributed by atoms with Crippen LogP contribution in [0, 0.1) is 0 Å². The molecule has 5 nitrogen and oxygen atoms in total. The molecule has 0 spiro atoms. The van der Waals surface area contributed by atoms with E-state index in [0.29, 0.717) is 38.2 Å². The molecule has 0 radical (unpaired) electrons. The third-order valence-corrected chi connectivity index (χ3v) is 4.01. The molecule has 2 rings (SSSR count). The lowest BCUT2D eigenvalue weighted by Crippen LogP contribution is -2.31. The Balaban J connectivity index is 1.80. The maximum atomic E-state index is 12.4. The Kier molecular flexibility index (Phi) is 7.68. The molecule has 26 heavy (non-hydrogen) atoms. The normalized spacial score (nSPS) is 10.2. The molecule has 2 aromatic rings. The van der Waals surface area contributed by atoms with Crippen LogP contribution in [0.1, 0.15) is 36.2 Å². The highest BCUT2D eigenvalue weighted by Gasteiger charge is 2.12. The molecule has 0 atom stereocenters. The van der Waals surface area contributed by atoms with Gasteiger partial charge in [-0.15, -0.1) is 0 Å². The maximum absolute atomic E-state index is 12.4. The van der Waals surface area contributed by atoms with Crippen LogP contribution in [0.25, 0.3) is 0 Å². The SMILES string of the molecule is CCOC(=O)c1ccc(NCCC(=O)N(CC)Cc2ccccc2)cc1. The molecule has 0 saturated carbocycles. The predicted octanol–water partition coefficient (Wildman–Crippen LogP) is 3.71. The van der Waals surface area contributed by atoms with Gasteiger partial charge in [-0.05, 0) is 43.7 Å². The second-order valence-electron chi connectivity index (χ2n) is 5.87. The molecule has 0 aliphatic heterocycles. The summed E-state index contributed by atoms with van der Waals surface area (Å²) in [7, 11) is 0. The summed E-state index contributed by atoms with van der Waals surface area (Å²) in [5.41, 5.74) is 2.52. The number of esters is 1. The van der Waals surface area contributed by atoms with Gasteiger partial charge in [0.2, 0.25) is 5.91 Å². The van der Waals surface area contributed by atoms with Gasteiger partial charge in [-0.1, -0.05) is 30.3 Å². The zero-order valence-electron chi connectivity index (χ0n) is 15.4. The molecule has 0 unspecified atom stereocenters. The molecule has 1 amide bonds. The minimum atomic E-state index is -0.325. The van der Waals surface area contributed by atoms with E-state index in [1.165, 1.54) is 0 Å². The Morgan fingerprint density at radius 2 is 1.69 bits per heavy atom. The second kappa shape index (κ2) is 10.2. The fraction of sp³-hybridized carbons (Fsp3) is 0.333. The zero-order chi connectivity index (χ0) is 18.8. The third-order valence-electron chi connectivity index (χ3n) is 4.01. The van der Waals surface area contributed by atoms with E-state index in [-0.39, 0.29) is 11.9 Å². The van der Waals surface area contributed by atoms with Crippen molar-refractivity contribution in [3.05, 3.63) is 65.7 Å². The van der Waals surface area contributed by atoms with Gasteiger partial charge in [-0.2, -0.15) is 0 Å². The average Bonchev–Trinajstić information content (AvgIpc) is 2.67. The van der Waals surface area contributed by atoms with E-state index in [1.54, 1.807) is 19.1 Å². The molecule has 0 fully saturated rings. The monoisotopic (exact) mass is 354 g/mol. The minimum Gasteiger partial charge on any atom is -0.462 e. The van der Waals surface area contributed by atoms with E-state index in [1.807, 2.05) is 54.3 Å². The molecule has 2 aromatic carbocycles. The first-order valence-corrected chi connectivity index (χ1v) is 8.96. The molecule has 0 heterocycles. The average molecular weight is 354 g/mol. The number of carbonyl (C=O) groups excluding carboxylic acids is 2. The Bertz CT molecular complexity index is 699. The lowest BCUT2D eigenvalue weighted by Gasteiger charge is -2.21. The summed E-state index contributed by atoms with van der Waals surface area (Å²) < 4.78 is 4.96. The molecule has 138 valence electrons. The van der Waals surface area contributed by atoms with E-state index < -0.39 is 0 Å². The van der Waals surface area contributed by atoms with Crippen molar-refractivity contribution in [3.63, 3.8) is 0 Å². The van der Waals surface area contributed by atoms with Crippen molar-refractivity contribution in [1.29, 1.82) is 0 Å². The number of anilines is 1. The number of nitrogens with one attached hydrogen (secondary N) is 1. The van der Waals surface area contributed by atoms with Gasteiger partial charge in [0.1, 0.15) is 0 Å². The number of benzene rings is 2. The quantitative estimate of drug-likeness (QED) is 0.698. The number of rotatable bonds is 9. The van der Waals surface area contributed by atoms with Crippen molar-refractivity contribution in [2.24, 2.45) is 0 Å². The smallest absolute Gasteiger partial charge is 0.338 e. The summed E-state index contributed by atoms with van der Waals surface area (Å²) in [5, 5.41) is 3.22. The molecular formula is C21H26N2O3. The Morgan fingerprint density at radius 1 is 1.00 bits per heavy atom. The van der Waals surface area contributed by atoms with Crippen LogP contribution in [0.15, 0.2) is 54.6 Å². The number of nitrogens with zero attached hydrogens (tertiary/aromatic N) is 1. The Hall–Kier alpha value is -2.82. The van der Waals surface area contributed by atoms with Crippen molar-refractivity contribution in [2.75, 3.05) is 25.0 Å². The molecule has 5 heteroatoms. The molecule has 0 aliphatic rings. The van der Waals surface area contributed by atoms with Gasteiger partial charge in [-0.25, -0.2) is 4.79 Å². The van der Waals surface area contributed by atoms with Gasteiger partial charge in [0.15, 0.2) is 0 Å². The highest BCUT2D eigenvalue weighted by Crippen LogP contribution is 2.11. The zero-order valence-corrected chi connectivity index (χ0v) is 15.4. The van der Waals surface area contributed by atoms with Crippen LogP contribution in [0.4, 0.5) is 5.69 Å². The standard InChI is InChI=1S/C21H26N2O3/c1-3-23(16-17-8-6-5-7-9-17)20(24)14-15-22-19-12-10-18(11-13-19)21(25)26-4-2/h5-13,22H,3-4,14-16H2,1-2H3. The van der Waals surface area contributed by atoms with Crippen LogP contribution >= 0.6 is 0 Å². The fourth-order valence-electron chi connectivity index (χ4n) is 2.59. The van der Waals surface area contributed by atoms with E-state index in [9.17, 15) is 9.59 Å². The number of ether oxygens (including phenoxy) is 1. The molecule has 0 saturated heterocycles. The van der Waals surface area contributed by atoms with Crippen molar-refractivity contribution >= 4 is 17.6 Å². The summed E-state index contributed by atoms with van der Waals surface area (Å²) in [6.45, 7) is 5.98. The van der Waals surface area contributed by atoms with E-state index in [4.69, 9.17) is 4.74 Å². The lowest BCUT2D eigenvalue weighted by atomic mass is 10.2. The van der Waals surface area contributed by atoms with E-state index >= 15 is 0 Å². The third kappa shape index (κ3) is 5.92. The van der Waals surface area contributed by atoms with Crippen LogP contribution in [0.3, 0.4) is 0 Å². The fourth-order valence-corrected chi connectivity index (χ4v) is 2.59. The first kappa shape index (κ1) is 19.5. The highest BCUT2D eigenvalue weighted by atomic mass is 16.5. The van der Waals surface area contributed by atoms with Gasteiger partial charge in [0.25, 0.3) is 0 Å². The summed E-state index contributed by atoms with van der Waals surface area (Å²) >= 11 is 0. The maximum Gasteiger partial charge on any atom is 0.338 e. The topological polar surface area (TPSA) is 58.6 Å². The first-order chi connectivity index (χ1) is 12.6. The highest BCUT2D eigenvalue weighted by molar-refractivity contribution is 5.89. The summed E-state index contributed by atoms with van der Waals surface area (Å²) in [4.78, 5) is 25.9. The first-order valence-electron chi connectivity index (χ1n) is 8.96. The number of amides is 1. The van der Waals surface area contributed by atoms with Crippen LogP contribution < -0.4 is 5.32 Å². The van der Waals surface area contributed by atoms with Crippen molar-refractivity contribution in [2.45, 2.75) is 26.8 Å². The van der Waals surface area contributed by atoms with Crippen LogP contribution in [-0.2, 0) is 16.1 Å². The van der Waals surface area contributed by atoms with Gasteiger partial charge in [0, 0.05) is 31.7 Å². The molecule has 0 aromatic heterocycles. The molecule has 1 N–H and O–H groups in total. The van der Waals surface area contributed by atoms with Gasteiger partial charge < -0.3 is 15.0 Å². The summed E-state index contributed by atoms with van der Waals surface area (Å²) in [6, 6.07) is 17.1. The van der Waals surface area contributed by atoms with Crippen LogP contribution in [-0.4, -0.2) is 36.5 Å². The summed E-state index contributed by atoms with van der Waals surface area (Å²) in [5.74, 6) is -0.208. The van der Waals surface area contributed by atoms with Crippen LogP contribution in [0.5, 0.6) is 0 Å². The molecular weight excluding hydrogens is 328 g/mol. The van der Waals surface area contributed by atoms with Crippen LogP contribution in [0.2, 0.25) is 0 Å². The lowest BCUT2D eigenvalue weighted by molar-refractivity contribution is -0.131. The van der Waals surface area contributed by atoms with Crippen molar-refractivity contribution < 1.29 is 14.3 Å². The van der Waals surface area contributed by atoms with E-state index in [2.05, 4.69) is 5.32 Å². The number of hydrogen-bond donors (Lipinski definition) is 1. The summed E-state index contributed by atoms with van der Waals surface area (Å²) in [6.07, 6.45) is 0.417. The second-order valence-corrected chi connectivity index (χ2v) is 5.87. The molecule has 0 bridgehead atoms. The van der Waals surface area contributed by atoms with Gasteiger partial charge >= 0.3 is 5.97 Å². The van der Waals surface area contributed by atoms with Gasteiger partial charge in [-0.3, -0.25) is 4.79 Å². The number of carbonyl (C=O) groups is 2. The van der Waals surface area contributed by atoms with E-state index in [0.717, 1.165) is 11.3 Å². The largest absolute Gasteiger partial charge is 0.462 e. The minimum absolute atomic E-state index is 0.118. The van der Waals surface area contributed by atoms with Gasteiger partial charge in [0.05, 0.1) is 12.2 Å². The predicted molar refractivity (Wildman–Crippen MR) is 103 cm³/mol. The van der Waals surface area contributed by atoms with Crippen molar-refractivity contribution in [3.8, 4) is 0 Å². The number of hydrogen-bond acceptors (Lipinski definition) is 4.